The number of amides is 1. The number of benzene rings is 3. The lowest BCUT2D eigenvalue weighted by atomic mass is 10.1. The fourth-order valence-electron chi connectivity index (χ4n) is 3.63. The minimum Gasteiger partial charge on any atom is -0.352 e. The molecule has 0 saturated heterocycles. The van der Waals surface area contributed by atoms with Crippen molar-refractivity contribution in [3.05, 3.63) is 103 Å². The summed E-state index contributed by atoms with van der Waals surface area (Å²) in [4.78, 5) is 27.1. The molecule has 1 fully saturated rings. The molecular weight excluding hydrogens is 521 g/mol. The number of rotatable bonds is 5. The predicted octanol–water partition coefficient (Wildman–Crippen LogP) is 5.24. The molecule has 0 bridgehead atoms. The quantitative estimate of drug-likeness (QED) is 0.341. The first-order valence-electron chi connectivity index (χ1n) is 11.3. The van der Waals surface area contributed by atoms with Crippen LogP contribution in [0.1, 0.15) is 29.5 Å². The Labute approximate surface area is 220 Å². The Balaban J connectivity index is 1.39. The van der Waals surface area contributed by atoms with E-state index < -0.39 is 17.3 Å². The van der Waals surface area contributed by atoms with Gasteiger partial charge in [0.15, 0.2) is 5.82 Å². The molecular formula is C27H18Cl2F2N4O2. The first-order chi connectivity index (χ1) is 17.8. The van der Waals surface area contributed by atoms with Crippen LogP contribution in [0.15, 0.2) is 59.4 Å². The molecule has 0 radical (unpaired) electrons. The van der Waals surface area contributed by atoms with Crippen LogP contribution in [-0.2, 0) is 11.3 Å². The van der Waals surface area contributed by atoms with Gasteiger partial charge in [0.2, 0.25) is 5.91 Å². The number of carbonyl (C=O) groups is 1. The van der Waals surface area contributed by atoms with Gasteiger partial charge in [-0.15, -0.1) is 5.10 Å². The number of hydrogen-bond donors (Lipinski definition) is 2. The molecule has 1 aliphatic rings. The molecule has 1 amide bonds. The van der Waals surface area contributed by atoms with Gasteiger partial charge >= 0.3 is 5.69 Å². The molecule has 1 aliphatic carbocycles. The Bertz CT molecular complexity index is 1650. The van der Waals surface area contributed by atoms with E-state index in [1.165, 1.54) is 30.3 Å². The van der Waals surface area contributed by atoms with Crippen LogP contribution in [0.3, 0.4) is 0 Å². The molecule has 5 rings (SSSR count). The van der Waals surface area contributed by atoms with Gasteiger partial charge in [0.1, 0.15) is 11.6 Å². The van der Waals surface area contributed by atoms with Gasteiger partial charge in [-0.3, -0.25) is 9.78 Å². The number of carbonyl (C=O) groups excluding carboxylic acids is 1. The van der Waals surface area contributed by atoms with Crippen molar-refractivity contribution < 1.29 is 13.6 Å². The average molecular weight is 539 g/mol. The maximum absolute atomic E-state index is 14.9. The standard InChI is InChI=1S/C27H18Cl2F2N4O2/c28-19-8-7-17(22(30)13-19)4-1-15-2-9-20(23(31)11-15)25-33-27(37)35(34-25)24-12-16(3-10-21(24)29)14-32-26(36)18-5-6-18/h2-3,7-13,18H,5-6,14H2,(H,32,36)(H,33,34,37). The summed E-state index contributed by atoms with van der Waals surface area (Å²) in [5, 5.41) is 7.60. The van der Waals surface area contributed by atoms with E-state index in [0.717, 1.165) is 29.2 Å². The lowest BCUT2D eigenvalue weighted by molar-refractivity contribution is -0.122. The third kappa shape index (κ3) is 5.58. The summed E-state index contributed by atoms with van der Waals surface area (Å²) in [7, 11) is 0. The van der Waals surface area contributed by atoms with Crippen LogP contribution in [0.2, 0.25) is 10.0 Å². The molecule has 3 aromatic carbocycles. The van der Waals surface area contributed by atoms with Crippen molar-refractivity contribution in [2.75, 3.05) is 0 Å². The zero-order valence-corrected chi connectivity index (χ0v) is 20.6. The van der Waals surface area contributed by atoms with Crippen molar-refractivity contribution in [1.82, 2.24) is 20.1 Å². The summed E-state index contributed by atoms with van der Waals surface area (Å²) in [5.74, 6) is 4.18. The van der Waals surface area contributed by atoms with E-state index in [4.69, 9.17) is 23.2 Å². The van der Waals surface area contributed by atoms with Crippen LogP contribution in [0, 0.1) is 29.4 Å². The Kier molecular flexibility index (Phi) is 6.83. The van der Waals surface area contributed by atoms with E-state index in [2.05, 4.69) is 27.2 Å². The number of nitrogens with zero attached hydrogens (tertiary/aromatic N) is 2. The fraction of sp³-hybridized carbons (Fsp3) is 0.148. The Morgan fingerprint density at radius 1 is 1.05 bits per heavy atom. The van der Waals surface area contributed by atoms with Gasteiger partial charge in [-0.2, -0.15) is 4.68 Å². The van der Waals surface area contributed by atoms with Crippen LogP contribution in [0.25, 0.3) is 17.1 Å². The van der Waals surface area contributed by atoms with E-state index in [0.29, 0.717) is 11.3 Å². The molecule has 186 valence electrons. The molecule has 0 atom stereocenters. The molecule has 1 heterocycles. The van der Waals surface area contributed by atoms with E-state index >= 15 is 0 Å². The highest BCUT2D eigenvalue weighted by molar-refractivity contribution is 6.32. The predicted molar refractivity (Wildman–Crippen MR) is 137 cm³/mol. The van der Waals surface area contributed by atoms with Crippen LogP contribution in [-0.4, -0.2) is 20.7 Å². The van der Waals surface area contributed by atoms with Crippen LogP contribution >= 0.6 is 23.2 Å². The largest absolute Gasteiger partial charge is 0.352 e. The van der Waals surface area contributed by atoms with Crippen LogP contribution < -0.4 is 11.0 Å². The fourth-order valence-corrected chi connectivity index (χ4v) is 3.99. The third-order valence-corrected chi connectivity index (χ3v) is 6.32. The highest BCUT2D eigenvalue weighted by Crippen LogP contribution is 2.29. The molecule has 0 spiro atoms. The van der Waals surface area contributed by atoms with E-state index in [1.54, 1.807) is 18.2 Å². The number of aromatic nitrogens is 3. The van der Waals surface area contributed by atoms with Crippen molar-refractivity contribution in [1.29, 1.82) is 0 Å². The maximum atomic E-state index is 14.9. The van der Waals surface area contributed by atoms with Gasteiger partial charge in [0, 0.05) is 23.0 Å². The minimum atomic E-state index is -0.674. The summed E-state index contributed by atoms with van der Waals surface area (Å²) < 4.78 is 29.9. The molecule has 1 saturated carbocycles. The Morgan fingerprint density at radius 3 is 2.59 bits per heavy atom. The van der Waals surface area contributed by atoms with Crippen molar-refractivity contribution in [2.45, 2.75) is 19.4 Å². The van der Waals surface area contributed by atoms with Crippen molar-refractivity contribution in [2.24, 2.45) is 5.92 Å². The Morgan fingerprint density at radius 2 is 1.86 bits per heavy atom. The normalized spacial score (nSPS) is 12.6. The number of hydrogen-bond acceptors (Lipinski definition) is 3. The van der Waals surface area contributed by atoms with Crippen molar-refractivity contribution in [3.63, 3.8) is 0 Å². The van der Waals surface area contributed by atoms with Gasteiger partial charge in [-0.05, 0) is 66.9 Å². The summed E-state index contributed by atoms with van der Waals surface area (Å²) >= 11 is 12.1. The summed E-state index contributed by atoms with van der Waals surface area (Å²) in [5.41, 5.74) is 0.890. The molecule has 10 heteroatoms. The van der Waals surface area contributed by atoms with Crippen LogP contribution in [0.5, 0.6) is 0 Å². The first kappa shape index (κ1) is 24.8. The van der Waals surface area contributed by atoms with Gasteiger partial charge < -0.3 is 5.32 Å². The second-order valence-corrected chi connectivity index (χ2v) is 9.38. The van der Waals surface area contributed by atoms with Gasteiger partial charge in [0.05, 0.1) is 21.8 Å². The number of H-pyrrole nitrogens is 1. The second kappa shape index (κ2) is 10.2. The summed E-state index contributed by atoms with van der Waals surface area (Å²) in [6, 6.07) is 13.2. The highest BCUT2D eigenvalue weighted by Gasteiger charge is 2.29. The molecule has 6 nitrogen and oxygen atoms in total. The average Bonchev–Trinajstić information content (AvgIpc) is 3.65. The molecule has 37 heavy (non-hydrogen) atoms. The van der Waals surface area contributed by atoms with Gasteiger partial charge in [-0.25, -0.2) is 13.6 Å². The lowest BCUT2D eigenvalue weighted by Gasteiger charge is -2.08. The van der Waals surface area contributed by atoms with Crippen LogP contribution in [0.4, 0.5) is 8.78 Å². The molecule has 0 aliphatic heterocycles. The van der Waals surface area contributed by atoms with Gasteiger partial charge in [-0.1, -0.05) is 41.1 Å². The second-order valence-electron chi connectivity index (χ2n) is 8.54. The summed E-state index contributed by atoms with van der Waals surface area (Å²) in [6.45, 7) is 0.280. The zero-order chi connectivity index (χ0) is 26.1. The molecule has 2 N–H and O–H groups in total. The minimum absolute atomic E-state index is 0.00219. The van der Waals surface area contributed by atoms with E-state index in [-0.39, 0.29) is 45.4 Å². The molecule has 1 aromatic heterocycles. The van der Waals surface area contributed by atoms with Gasteiger partial charge in [0.25, 0.3) is 0 Å². The molecule has 4 aromatic rings. The van der Waals surface area contributed by atoms with Crippen molar-refractivity contribution >= 4 is 29.1 Å². The smallest absolute Gasteiger partial charge is 0.348 e. The topological polar surface area (TPSA) is 79.8 Å². The van der Waals surface area contributed by atoms with E-state index in [1.807, 2.05) is 0 Å². The zero-order valence-electron chi connectivity index (χ0n) is 19.1. The monoisotopic (exact) mass is 538 g/mol. The van der Waals surface area contributed by atoms with E-state index in [9.17, 15) is 18.4 Å². The first-order valence-corrected chi connectivity index (χ1v) is 12.1. The number of aromatic amines is 1. The number of nitrogens with one attached hydrogen (secondary N) is 2. The highest BCUT2D eigenvalue weighted by atomic mass is 35.5. The summed E-state index contributed by atoms with van der Waals surface area (Å²) in [6.07, 6.45) is 1.79. The maximum Gasteiger partial charge on any atom is 0.348 e. The van der Waals surface area contributed by atoms with Crippen molar-refractivity contribution in [3.8, 4) is 28.9 Å². The third-order valence-electron chi connectivity index (χ3n) is 5.77. The molecule has 0 unspecified atom stereocenters. The number of halogens is 4. The Hall–Kier alpha value is -3.93. The lowest BCUT2D eigenvalue weighted by Crippen LogP contribution is -2.24. The SMILES string of the molecule is O=C(NCc1ccc(Cl)c(-n2nc(-c3ccc(C#Cc4ccc(Cl)cc4F)cc3F)[nH]c2=O)c1)C1CC1.